The third kappa shape index (κ3) is 4.40. The number of nitrogens with one attached hydrogen (secondary N) is 1. The lowest BCUT2D eigenvalue weighted by atomic mass is 10.0. The first-order valence-corrected chi connectivity index (χ1v) is 12.2. The molecule has 186 valence electrons. The number of aromatic nitrogens is 3. The molecule has 5 aromatic rings. The topological polar surface area (TPSA) is 78.0 Å². The van der Waals surface area contributed by atoms with Gasteiger partial charge in [-0.25, -0.2) is 13.9 Å². The van der Waals surface area contributed by atoms with Gasteiger partial charge in [-0.2, -0.15) is 0 Å². The van der Waals surface area contributed by atoms with E-state index in [0.29, 0.717) is 23.0 Å². The first-order valence-electron chi connectivity index (χ1n) is 12.2. The molecule has 3 aromatic carbocycles. The minimum atomic E-state index is -0.553. The van der Waals surface area contributed by atoms with Crippen LogP contribution in [0.4, 0.5) is 11.4 Å². The summed E-state index contributed by atoms with van der Waals surface area (Å²) >= 11 is 0. The first kappa shape index (κ1) is 24.1. The number of benzene rings is 3. The minimum absolute atomic E-state index is 0.227. The number of rotatable bonds is 6. The van der Waals surface area contributed by atoms with E-state index in [9.17, 15) is 14.4 Å². The Morgan fingerprint density at radius 2 is 1.30 bits per heavy atom. The highest BCUT2D eigenvalue weighted by atomic mass is 16.2. The van der Waals surface area contributed by atoms with E-state index >= 15 is 0 Å². The predicted octanol–water partition coefficient (Wildman–Crippen LogP) is 4.78. The first-order chi connectivity index (χ1) is 17.9. The Hall–Kier alpha value is -4.65. The van der Waals surface area contributed by atoms with E-state index in [4.69, 9.17) is 0 Å². The summed E-state index contributed by atoms with van der Waals surface area (Å²) in [4.78, 5) is 41.1. The molecule has 0 aliphatic rings. The van der Waals surface area contributed by atoms with Crippen molar-refractivity contribution in [2.75, 3.05) is 5.32 Å². The second-order valence-corrected chi connectivity index (χ2v) is 9.46. The van der Waals surface area contributed by atoms with Crippen molar-refractivity contribution in [2.45, 2.75) is 20.3 Å². The van der Waals surface area contributed by atoms with Crippen molar-refractivity contribution in [2.24, 2.45) is 13.0 Å². The van der Waals surface area contributed by atoms with Crippen LogP contribution in [0.1, 0.15) is 19.4 Å². The van der Waals surface area contributed by atoms with Gasteiger partial charge in [-0.1, -0.05) is 68.4 Å². The van der Waals surface area contributed by atoms with Gasteiger partial charge < -0.3 is 5.32 Å². The largest absolute Gasteiger partial charge is 0.354 e. The molecule has 5 rings (SSSR count). The van der Waals surface area contributed by atoms with Crippen molar-refractivity contribution < 1.29 is 0 Å². The second-order valence-electron chi connectivity index (χ2n) is 9.46. The number of anilines is 2. The maximum atomic E-state index is 14.1. The zero-order chi connectivity index (χ0) is 26.1. The van der Waals surface area contributed by atoms with Gasteiger partial charge in [0.2, 0.25) is 0 Å². The summed E-state index contributed by atoms with van der Waals surface area (Å²) in [7, 11) is 1.58. The normalized spacial score (nSPS) is 11.2. The third-order valence-corrected chi connectivity index (χ3v) is 6.36. The highest BCUT2D eigenvalue weighted by molar-refractivity contribution is 5.92. The van der Waals surface area contributed by atoms with E-state index in [2.05, 4.69) is 19.2 Å². The Balaban J connectivity index is 1.91. The molecule has 0 unspecified atom stereocenters. The Morgan fingerprint density at radius 3 is 1.92 bits per heavy atom. The highest BCUT2D eigenvalue weighted by Gasteiger charge is 2.22. The lowest BCUT2D eigenvalue weighted by Crippen LogP contribution is -2.40. The fourth-order valence-corrected chi connectivity index (χ4v) is 4.67. The molecule has 1 N–H and O–H groups in total. The molecule has 0 aliphatic heterocycles. The number of hydrogen-bond donors (Lipinski definition) is 1. The summed E-state index contributed by atoms with van der Waals surface area (Å²) in [5, 5.41) is 3.61. The standard InChI is InChI=1S/C30H28N4O3/c1-20(2)18-21-12-10-11-17-24(21)31-25-19-26(35)32(3)28-27(25)29(36)34(23-15-8-5-9-16-23)30(37)33(28)22-13-6-4-7-14-22/h4-17,19-20,31H,18H2,1-3H3. The van der Waals surface area contributed by atoms with Gasteiger partial charge in [0.25, 0.3) is 11.1 Å². The number of para-hydroxylation sites is 3. The maximum Gasteiger partial charge on any atom is 0.341 e. The number of nitrogens with zero attached hydrogens (tertiary/aromatic N) is 3. The number of hydrogen-bond acceptors (Lipinski definition) is 4. The van der Waals surface area contributed by atoms with Crippen LogP contribution in [0, 0.1) is 5.92 Å². The fraction of sp³-hybridized carbons (Fsp3) is 0.167. The van der Waals surface area contributed by atoms with Crippen molar-refractivity contribution in [3.63, 3.8) is 0 Å². The monoisotopic (exact) mass is 492 g/mol. The molecule has 7 nitrogen and oxygen atoms in total. The van der Waals surface area contributed by atoms with Crippen LogP contribution in [0.3, 0.4) is 0 Å². The average molecular weight is 493 g/mol. The quantitative estimate of drug-likeness (QED) is 0.370. The summed E-state index contributed by atoms with van der Waals surface area (Å²) in [5.74, 6) is 0.418. The summed E-state index contributed by atoms with van der Waals surface area (Å²) in [5.41, 5.74) is 2.08. The van der Waals surface area contributed by atoms with Crippen LogP contribution in [-0.2, 0) is 13.5 Å². The summed E-state index contributed by atoms with van der Waals surface area (Å²) in [6.07, 6.45) is 0.828. The molecule has 7 heteroatoms. The van der Waals surface area contributed by atoms with Crippen LogP contribution in [0.5, 0.6) is 0 Å². The van der Waals surface area contributed by atoms with Gasteiger partial charge in [-0.05, 0) is 48.2 Å². The molecule has 0 radical (unpaired) electrons. The van der Waals surface area contributed by atoms with Crippen LogP contribution >= 0.6 is 0 Å². The molecule has 37 heavy (non-hydrogen) atoms. The van der Waals surface area contributed by atoms with Crippen molar-refractivity contribution in [1.29, 1.82) is 0 Å². The van der Waals surface area contributed by atoms with E-state index in [1.165, 1.54) is 15.2 Å². The number of fused-ring (bicyclic) bond motifs is 1. The van der Waals surface area contributed by atoms with E-state index in [1.807, 2.05) is 48.5 Å². The molecule has 0 atom stereocenters. The molecule has 0 spiro atoms. The predicted molar refractivity (Wildman–Crippen MR) is 149 cm³/mol. The van der Waals surface area contributed by atoms with Crippen LogP contribution < -0.4 is 22.1 Å². The van der Waals surface area contributed by atoms with Crippen molar-refractivity contribution in [1.82, 2.24) is 13.7 Å². The Bertz CT molecular complexity index is 1770. The molecule has 0 fully saturated rings. The number of aryl methyl sites for hydroxylation is 1. The molecule has 2 heterocycles. The molecular weight excluding hydrogens is 464 g/mol. The van der Waals surface area contributed by atoms with E-state index < -0.39 is 11.2 Å². The van der Waals surface area contributed by atoms with Gasteiger partial charge in [0.1, 0.15) is 11.0 Å². The van der Waals surface area contributed by atoms with Gasteiger partial charge in [0.05, 0.1) is 17.1 Å². The second kappa shape index (κ2) is 9.78. The zero-order valence-corrected chi connectivity index (χ0v) is 21.0. The van der Waals surface area contributed by atoms with Crippen LogP contribution in [-0.4, -0.2) is 13.7 Å². The Morgan fingerprint density at radius 1 is 0.730 bits per heavy atom. The summed E-state index contributed by atoms with van der Waals surface area (Å²) in [6.45, 7) is 4.28. The lowest BCUT2D eigenvalue weighted by molar-refractivity contribution is 0.648. The minimum Gasteiger partial charge on any atom is -0.354 e. The molecule has 2 aromatic heterocycles. The van der Waals surface area contributed by atoms with E-state index in [1.54, 1.807) is 43.4 Å². The molecule has 0 bridgehead atoms. The molecule has 0 saturated carbocycles. The van der Waals surface area contributed by atoms with Gasteiger partial charge >= 0.3 is 5.69 Å². The van der Waals surface area contributed by atoms with Crippen LogP contribution in [0.2, 0.25) is 0 Å². The molecule has 0 amide bonds. The zero-order valence-electron chi connectivity index (χ0n) is 21.0. The van der Waals surface area contributed by atoms with Gasteiger partial charge in [-0.15, -0.1) is 0 Å². The summed E-state index contributed by atoms with van der Waals surface area (Å²) < 4.78 is 3.94. The van der Waals surface area contributed by atoms with E-state index in [-0.39, 0.29) is 16.6 Å². The van der Waals surface area contributed by atoms with Gasteiger partial charge in [0.15, 0.2) is 0 Å². The van der Waals surface area contributed by atoms with Crippen LogP contribution in [0.25, 0.3) is 22.4 Å². The van der Waals surface area contributed by atoms with Crippen molar-refractivity contribution >= 4 is 22.4 Å². The third-order valence-electron chi connectivity index (χ3n) is 6.36. The number of pyridine rings is 1. The smallest absolute Gasteiger partial charge is 0.341 e. The maximum absolute atomic E-state index is 14.1. The molecule has 0 aliphatic carbocycles. The fourth-order valence-electron chi connectivity index (χ4n) is 4.67. The van der Waals surface area contributed by atoms with Gasteiger partial charge in [-0.3, -0.25) is 14.2 Å². The van der Waals surface area contributed by atoms with Crippen molar-refractivity contribution in [3.8, 4) is 11.4 Å². The SMILES string of the molecule is CC(C)Cc1ccccc1Nc1cc(=O)n(C)c2c1c(=O)n(-c1ccccc1)c(=O)n2-c1ccccc1. The summed E-state index contributed by atoms with van der Waals surface area (Å²) in [6, 6.07) is 27.1. The average Bonchev–Trinajstić information content (AvgIpc) is 2.89. The molecular formula is C30H28N4O3. The lowest BCUT2D eigenvalue weighted by Gasteiger charge is -2.20. The van der Waals surface area contributed by atoms with Gasteiger partial charge in [0, 0.05) is 18.8 Å². The van der Waals surface area contributed by atoms with Crippen molar-refractivity contribution in [3.05, 3.63) is 128 Å². The Labute approximate surface area is 213 Å². The van der Waals surface area contributed by atoms with Crippen LogP contribution in [0.15, 0.2) is 105 Å². The highest BCUT2D eigenvalue weighted by Crippen LogP contribution is 2.27. The molecule has 0 saturated heterocycles. The van der Waals surface area contributed by atoms with E-state index in [0.717, 1.165) is 22.2 Å². The Kier molecular flexibility index (Phi) is 6.36.